The van der Waals surface area contributed by atoms with Gasteiger partial charge in [0, 0.05) is 25.6 Å². The van der Waals surface area contributed by atoms with Crippen LogP contribution in [0.5, 0.6) is 11.5 Å². The third kappa shape index (κ3) is 2.88. The summed E-state index contributed by atoms with van der Waals surface area (Å²) in [6.45, 7) is 2.12. The predicted octanol–water partition coefficient (Wildman–Crippen LogP) is 1.42. The summed E-state index contributed by atoms with van der Waals surface area (Å²) in [7, 11) is 4.91. The topological polar surface area (TPSA) is 59.6 Å². The maximum Gasteiger partial charge on any atom is 0.221 e. The van der Waals surface area contributed by atoms with Gasteiger partial charge in [-0.2, -0.15) is 0 Å². The second-order valence-corrected chi connectivity index (χ2v) is 5.11. The van der Waals surface area contributed by atoms with Crippen molar-refractivity contribution in [1.82, 2.24) is 10.6 Å². The number of hydrogen-bond donors (Lipinski definition) is 2. The number of nitrogens with one attached hydrogen (secondary N) is 2. The second-order valence-electron chi connectivity index (χ2n) is 5.11. The summed E-state index contributed by atoms with van der Waals surface area (Å²) in [5.41, 5.74) is 2.33. The van der Waals surface area contributed by atoms with E-state index in [1.807, 2.05) is 12.1 Å². The van der Waals surface area contributed by atoms with Gasteiger partial charge >= 0.3 is 0 Å². The Morgan fingerprint density at radius 3 is 2.60 bits per heavy atom. The fraction of sp³-hybridized carbons (Fsp3) is 0.533. The monoisotopic (exact) mass is 278 g/mol. The molecule has 5 nitrogen and oxygen atoms in total. The largest absolute Gasteiger partial charge is 0.493 e. The third-order valence-electron chi connectivity index (χ3n) is 3.70. The maximum atomic E-state index is 11.7. The van der Waals surface area contributed by atoms with Gasteiger partial charge in [0.2, 0.25) is 5.91 Å². The van der Waals surface area contributed by atoms with Crippen molar-refractivity contribution in [3.63, 3.8) is 0 Å². The molecule has 1 aliphatic rings. The smallest absolute Gasteiger partial charge is 0.221 e. The molecule has 0 radical (unpaired) electrons. The van der Waals surface area contributed by atoms with E-state index in [1.165, 1.54) is 5.56 Å². The van der Waals surface area contributed by atoms with Gasteiger partial charge in [-0.25, -0.2) is 0 Å². The van der Waals surface area contributed by atoms with Crippen molar-refractivity contribution in [2.24, 2.45) is 0 Å². The highest BCUT2D eigenvalue weighted by atomic mass is 16.5. The van der Waals surface area contributed by atoms with E-state index in [0.717, 1.165) is 17.7 Å². The number of amides is 1. The number of rotatable bonds is 4. The Morgan fingerprint density at radius 2 is 2.00 bits per heavy atom. The lowest BCUT2D eigenvalue weighted by atomic mass is 9.88. The van der Waals surface area contributed by atoms with Crippen molar-refractivity contribution in [2.45, 2.75) is 31.8 Å². The zero-order valence-electron chi connectivity index (χ0n) is 12.4. The molecule has 1 amide bonds. The Bertz CT molecular complexity index is 502. The van der Waals surface area contributed by atoms with Crippen molar-refractivity contribution in [3.8, 4) is 11.5 Å². The van der Waals surface area contributed by atoms with Gasteiger partial charge in [-0.1, -0.05) is 0 Å². The normalized spacial score (nSPS) is 21.0. The summed E-state index contributed by atoms with van der Waals surface area (Å²) in [5.74, 6) is 1.46. The molecule has 5 heteroatoms. The Labute approximate surface area is 119 Å². The van der Waals surface area contributed by atoms with Crippen LogP contribution in [0.4, 0.5) is 0 Å². The predicted molar refractivity (Wildman–Crippen MR) is 77.3 cm³/mol. The zero-order chi connectivity index (χ0) is 14.7. The molecule has 0 bridgehead atoms. The molecular formula is C15H22N2O3. The number of carbonyl (C=O) groups excluding carboxylic acids is 1. The van der Waals surface area contributed by atoms with E-state index in [0.29, 0.717) is 18.2 Å². The average Bonchev–Trinajstić information content (AvgIpc) is 2.45. The van der Waals surface area contributed by atoms with Crippen molar-refractivity contribution in [1.29, 1.82) is 0 Å². The number of carbonyl (C=O) groups is 1. The molecule has 2 atom stereocenters. The van der Waals surface area contributed by atoms with Gasteiger partial charge in [-0.15, -0.1) is 0 Å². The first kappa shape index (κ1) is 14.7. The van der Waals surface area contributed by atoms with Crippen LogP contribution in [0, 0.1) is 0 Å². The number of fused-ring (bicyclic) bond motifs is 1. The van der Waals surface area contributed by atoms with Gasteiger partial charge in [-0.3, -0.25) is 4.79 Å². The third-order valence-corrected chi connectivity index (χ3v) is 3.70. The highest BCUT2D eigenvalue weighted by Crippen LogP contribution is 2.37. The van der Waals surface area contributed by atoms with Crippen LogP contribution in [0.2, 0.25) is 0 Å². The molecule has 1 aromatic carbocycles. The molecule has 0 aromatic heterocycles. The van der Waals surface area contributed by atoms with Crippen molar-refractivity contribution in [3.05, 3.63) is 23.3 Å². The summed E-state index contributed by atoms with van der Waals surface area (Å²) in [6.07, 6.45) is 1.34. The molecule has 2 rings (SSSR count). The van der Waals surface area contributed by atoms with Crippen molar-refractivity contribution < 1.29 is 14.3 Å². The molecule has 110 valence electrons. The van der Waals surface area contributed by atoms with Gasteiger partial charge in [-0.05, 0) is 36.6 Å². The number of benzene rings is 1. The molecule has 0 saturated heterocycles. The highest BCUT2D eigenvalue weighted by molar-refractivity contribution is 5.76. The lowest BCUT2D eigenvalue weighted by Crippen LogP contribution is -2.39. The number of ether oxygens (including phenoxy) is 2. The molecule has 0 spiro atoms. The number of hydrogen-bond acceptors (Lipinski definition) is 4. The van der Waals surface area contributed by atoms with Gasteiger partial charge in [0.1, 0.15) is 0 Å². The molecule has 0 fully saturated rings. The van der Waals surface area contributed by atoms with E-state index < -0.39 is 0 Å². The van der Waals surface area contributed by atoms with E-state index in [9.17, 15) is 4.79 Å². The summed E-state index contributed by atoms with van der Waals surface area (Å²) in [6, 6.07) is 4.33. The SMILES string of the molecule is CNC(=O)C[C@H]1N[C@@H](C)Cc2cc(OC)c(OC)cc21. The molecule has 20 heavy (non-hydrogen) atoms. The van der Waals surface area contributed by atoms with E-state index >= 15 is 0 Å². The van der Waals surface area contributed by atoms with Crippen LogP contribution < -0.4 is 20.1 Å². The first-order chi connectivity index (χ1) is 9.58. The highest BCUT2D eigenvalue weighted by Gasteiger charge is 2.27. The fourth-order valence-corrected chi connectivity index (χ4v) is 2.72. The van der Waals surface area contributed by atoms with E-state index in [-0.39, 0.29) is 11.9 Å². The van der Waals surface area contributed by atoms with Crippen LogP contribution in [-0.4, -0.2) is 33.2 Å². The molecule has 1 heterocycles. The standard InChI is InChI=1S/C15H22N2O3/c1-9-5-10-6-13(19-3)14(20-4)7-11(10)12(17-9)8-15(18)16-2/h6-7,9,12,17H,5,8H2,1-4H3,(H,16,18)/t9-,12+/m0/s1. The Morgan fingerprint density at radius 1 is 1.35 bits per heavy atom. The molecule has 2 N–H and O–H groups in total. The van der Waals surface area contributed by atoms with E-state index in [2.05, 4.69) is 17.6 Å². The van der Waals surface area contributed by atoms with Gasteiger partial charge < -0.3 is 20.1 Å². The summed E-state index contributed by atoms with van der Waals surface area (Å²) < 4.78 is 10.7. The summed E-state index contributed by atoms with van der Waals surface area (Å²) >= 11 is 0. The second kappa shape index (κ2) is 6.13. The minimum atomic E-state index is 0.00788. The Hall–Kier alpha value is -1.75. The average molecular weight is 278 g/mol. The number of methoxy groups -OCH3 is 2. The first-order valence-electron chi connectivity index (χ1n) is 6.80. The van der Waals surface area contributed by atoms with Crippen LogP contribution >= 0.6 is 0 Å². The van der Waals surface area contributed by atoms with Crippen molar-refractivity contribution in [2.75, 3.05) is 21.3 Å². The van der Waals surface area contributed by atoms with Gasteiger partial charge in [0.25, 0.3) is 0 Å². The minimum absolute atomic E-state index is 0.00788. The lowest BCUT2D eigenvalue weighted by Gasteiger charge is -2.32. The summed E-state index contributed by atoms with van der Waals surface area (Å²) in [5, 5.41) is 6.14. The Balaban J connectivity index is 2.39. The molecule has 0 unspecified atom stereocenters. The van der Waals surface area contributed by atoms with Gasteiger partial charge in [0.15, 0.2) is 11.5 Å². The maximum absolute atomic E-state index is 11.7. The molecule has 0 saturated carbocycles. The van der Waals surface area contributed by atoms with Crippen LogP contribution in [0.1, 0.15) is 30.5 Å². The minimum Gasteiger partial charge on any atom is -0.493 e. The molecule has 1 aliphatic heterocycles. The Kier molecular flexibility index (Phi) is 4.49. The molecule has 0 aliphatic carbocycles. The molecule has 1 aromatic rings. The first-order valence-corrected chi connectivity index (χ1v) is 6.80. The van der Waals surface area contributed by atoms with Crippen LogP contribution in [-0.2, 0) is 11.2 Å². The lowest BCUT2D eigenvalue weighted by molar-refractivity contribution is -0.121. The van der Waals surface area contributed by atoms with Crippen LogP contribution in [0.3, 0.4) is 0 Å². The summed E-state index contributed by atoms with van der Waals surface area (Å²) in [4.78, 5) is 11.7. The quantitative estimate of drug-likeness (QED) is 0.874. The van der Waals surface area contributed by atoms with Crippen LogP contribution in [0.15, 0.2) is 12.1 Å². The van der Waals surface area contributed by atoms with E-state index in [1.54, 1.807) is 21.3 Å². The molecular weight excluding hydrogens is 256 g/mol. The van der Waals surface area contributed by atoms with E-state index in [4.69, 9.17) is 9.47 Å². The van der Waals surface area contributed by atoms with Crippen LogP contribution in [0.25, 0.3) is 0 Å². The van der Waals surface area contributed by atoms with Gasteiger partial charge in [0.05, 0.1) is 14.2 Å². The fourth-order valence-electron chi connectivity index (χ4n) is 2.72. The zero-order valence-corrected chi connectivity index (χ0v) is 12.4. The van der Waals surface area contributed by atoms with Crippen molar-refractivity contribution >= 4 is 5.91 Å².